The van der Waals surface area contributed by atoms with Gasteiger partial charge in [0.25, 0.3) is 0 Å². The maximum atomic E-state index is 10.1. The summed E-state index contributed by atoms with van der Waals surface area (Å²) in [5, 5.41) is 18.2. The lowest BCUT2D eigenvalue weighted by Crippen LogP contribution is -2.21. The van der Waals surface area contributed by atoms with Gasteiger partial charge in [-0.2, -0.15) is 11.8 Å². The minimum absolute atomic E-state index is 0.406. The lowest BCUT2D eigenvalue weighted by atomic mass is 10.0. The fraction of sp³-hybridized carbons (Fsp3) is 0.846. The van der Waals surface area contributed by atoms with Gasteiger partial charge in [0.1, 0.15) is 11.3 Å². The highest BCUT2D eigenvalue weighted by Crippen LogP contribution is 2.21. The first-order valence-electron chi connectivity index (χ1n) is 6.94. The normalized spacial score (nSPS) is 20.4. The molecular weight excluding hydrogens is 262 g/mol. The van der Waals surface area contributed by atoms with Crippen molar-refractivity contribution in [3.05, 3.63) is 11.9 Å². The molecule has 0 aromatic carbocycles. The number of rotatable bonds is 6. The van der Waals surface area contributed by atoms with Crippen molar-refractivity contribution >= 4 is 11.8 Å². The van der Waals surface area contributed by atoms with Crippen molar-refractivity contribution in [1.29, 1.82) is 0 Å². The number of nitrogens with zero attached hydrogens (tertiary/aromatic N) is 3. The van der Waals surface area contributed by atoms with Crippen molar-refractivity contribution in [2.24, 2.45) is 0 Å². The molecule has 0 amide bonds. The van der Waals surface area contributed by atoms with E-state index in [2.05, 4.69) is 10.3 Å². The highest BCUT2D eigenvalue weighted by atomic mass is 32.2. The Bertz CT molecular complexity index is 389. The molecule has 0 saturated carbocycles. The molecule has 1 aromatic heterocycles. The smallest absolute Gasteiger partial charge is 0.114 e. The van der Waals surface area contributed by atoms with Crippen LogP contribution in [0.1, 0.15) is 38.8 Å². The van der Waals surface area contributed by atoms with Crippen LogP contribution >= 0.6 is 11.8 Å². The molecule has 1 aliphatic heterocycles. The van der Waals surface area contributed by atoms with Gasteiger partial charge in [-0.15, -0.1) is 5.10 Å². The zero-order chi connectivity index (χ0) is 13.7. The topological polar surface area (TPSA) is 60.2 Å². The predicted molar refractivity (Wildman–Crippen MR) is 76.2 cm³/mol. The number of hydrogen-bond acceptors (Lipinski definition) is 5. The first kappa shape index (κ1) is 14.8. The molecule has 108 valence electrons. The molecule has 1 fully saturated rings. The van der Waals surface area contributed by atoms with Crippen molar-refractivity contribution < 1.29 is 9.84 Å². The lowest BCUT2D eigenvalue weighted by Gasteiger charge is -2.21. The van der Waals surface area contributed by atoms with Crippen LogP contribution in [0.5, 0.6) is 0 Å². The third-order valence-electron chi connectivity index (χ3n) is 3.62. The molecule has 5 nitrogen and oxygen atoms in total. The fourth-order valence-electron chi connectivity index (χ4n) is 1.99. The van der Waals surface area contributed by atoms with E-state index in [1.807, 2.05) is 24.9 Å². The summed E-state index contributed by atoms with van der Waals surface area (Å²) in [5.74, 6) is 2.41. The van der Waals surface area contributed by atoms with E-state index in [1.54, 1.807) is 11.6 Å². The Morgan fingerprint density at radius 2 is 2.26 bits per heavy atom. The van der Waals surface area contributed by atoms with E-state index in [9.17, 15) is 5.11 Å². The van der Waals surface area contributed by atoms with Gasteiger partial charge in [-0.3, -0.25) is 0 Å². The van der Waals surface area contributed by atoms with Gasteiger partial charge < -0.3 is 9.84 Å². The maximum Gasteiger partial charge on any atom is 0.114 e. The zero-order valence-electron chi connectivity index (χ0n) is 11.7. The van der Waals surface area contributed by atoms with Crippen molar-refractivity contribution in [2.45, 2.75) is 51.4 Å². The predicted octanol–water partition coefficient (Wildman–Crippen LogP) is 1.81. The van der Waals surface area contributed by atoms with Gasteiger partial charge in [0.05, 0.1) is 25.5 Å². The second-order valence-electron chi connectivity index (χ2n) is 5.18. The Balaban J connectivity index is 1.77. The van der Waals surface area contributed by atoms with Crippen LogP contribution in [0, 0.1) is 0 Å². The SMILES string of the molecule is CCC(C)(O)c1cn(CCOC2CCSCC2)nn1. The maximum absolute atomic E-state index is 10.1. The molecule has 1 aromatic rings. The third kappa shape index (κ3) is 4.19. The molecule has 1 saturated heterocycles. The minimum atomic E-state index is -0.889. The number of hydrogen-bond donors (Lipinski definition) is 1. The number of thioether (sulfide) groups is 1. The van der Waals surface area contributed by atoms with Crippen molar-refractivity contribution in [1.82, 2.24) is 15.0 Å². The Hall–Kier alpha value is -0.590. The van der Waals surface area contributed by atoms with Crippen LogP contribution in [0.4, 0.5) is 0 Å². The Labute approximate surface area is 118 Å². The molecule has 2 heterocycles. The summed E-state index contributed by atoms with van der Waals surface area (Å²) in [7, 11) is 0. The van der Waals surface area contributed by atoms with Crippen LogP contribution in [0.3, 0.4) is 0 Å². The monoisotopic (exact) mass is 285 g/mol. The van der Waals surface area contributed by atoms with Gasteiger partial charge in [0, 0.05) is 0 Å². The molecule has 0 spiro atoms. The summed E-state index contributed by atoms with van der Waals surface area (Å²) in [4.78, 5) is 0. The van der Waals surface area contributed by atoms with Gasteiger partial charge in [-0.25, -0.2) is 4.68 Å². The number of aromatic nitrogens is 3. The van der Waals surface area contributed by atoms with Gasteiger partial charge in [-0.1, -0.05) is 12.1 Å². The first-order valence-corrected chi connectivity index (χ1v) is 8.09. The average molecular weight is 285 g/mol. The summed E-state index contributed by atoms with van der Waals surface area (Å²) in [5.41, 5.74) is -0.260. The molecule has 1 unspecified atom stereocenters. The van der Waals surface area contributed by atoms with Crippen molar-refractivity contribution in [2.75, 3.05) is 18.1 Å². The molecule has 0 bridgehead atoms. The Morgan fingerprint density at radius 1 is 1.53 bits per heavy atom. The summed E-state index contributed by atoms with van der Waals surface area (Å²) in [6, 6.07) is 0. The molecule has 0 aliphatic carbocycles. The molecule has 0 radical (unpaired) electrons. The van der Waals surface area contributed by atoms with E-state index in [1.165, 1.54) is 11.5 Å². The largest absolute Gasteiger partial charge is 0.384 e. The van der Waals surface area contributed by atoms with Gasteiger partial charge in [-0.05, 0) is 37.7 Å². The molecule has 1 aliphatic rings. The number of aliphatic hydroxyl groups is 1. The summed E-state index contributed by atoms with van der Waals surface area (Å²) >= 11 is 2.00. The van der Waals surface area contributed by atoms with Crippen molar-refractivity contribution in [3.8, 4) is 0 Å². The zero-order valence-corrected chi connectivity index (χ0v) is 12.5. The molecule has 2 rings (SSSR count). The van der Waals surface area contributed by atoms with Crippen LogP contribution in [0.15, 0.2) is 6.20 Å². The van der Waals surface area contributed by atoms with Crippen LogP contribution in [-0.2, 0) is 16.9 Å². The second kappa shape index (κ2) is 6.72. The van der Waals surface area contributed by atoms with Gasteiger partial charge >= 0.3 is 0 Å². The highest BCUT2D eigenvalue weighted by molar-refractivity contribution is 7.99. The molecular formula is C13H23N3O2S. The van der Waals surface area contributed by atoms with E-state index >= 15 is 0 Å². The van der Waals surface area contributed by atoms with Crippen LogP contribution in [-0.4, -0.2) is 44.3 Å². The summed E-state index contributed by atoms with van der Waals surface area (Å²) in [6.45, 7) is 5.05. The third-order valence-corrected chi connectivity index (χ3v) is 4.67. The molecule has 1 atom stereocenters. The fourth-order valence-corrected chi connectivity index (χ4v) is 3.05. The second-order valence-corrected chi connectivity index (χ2v) is 6.40. The number of ether oxygens (including phenoxy) is 1. The highest BCUT2D eigenvalue weighted by Gasteiger charge is 2.24. The van der Waals surface area contributed by atoms with E-state index in [0.29, 0.717) is 31.4 Å². The Kier molecular flexibility index (Phi) is 5.24. The first-order chi connectivity index (χ1) is 9.12. The van der Waals surface area contributed by atoms with E-state index in [4.69, 9.17) is 4.74 Å². The minimum Gasteiger partial charge on any atom is -0.384 e. The molecule has 6 heteroatoms. The quantitative estimate of drug-likeness (QED) is 0.863. The van der Waals surface area contributed by atoms with Crippen LogP contribution in [0.25, 0.3) is 0 Å². The standard InChI is InChI=1S/C13H23N3O2S/c1-3-13(2,17)12-10-16(15-14-12)6-7-18-11-4-8-19-9-5-11/h10-11,17H,3-9H2,1-2H3. The van der Waals surface area contributed by atoms with Gasteiger partial charge in [0.15, 0.2) is 0 Å². The van der Waals surface area contributed by atoms with E-state index < -0.39 is 5.60 Å². The van der Waals surface area contributed by atoms with E-state index in [0.717, 1.165) is 12.8 Å². The van der Waals surface area contributed by atoms with Crippen molar-refractivity contribution in [3.63, 3.8) is 0 Å². The lowest BCUT2D eigenvalue weighted by molar-refractivity contribution is 0.0409. The van der Waals surface area contributed by atoms with Crippen LogP contribution < -0.4 is 0 Å². The Morgan fingerprint density at radius 3 is 2.95 bits per heavy atom. The summed E-state index contributed by atoms with van der Waals surface area (Å²) in [6.07, 6.45) is 5.14. The molecule has 1 N–H and O–H groups in total. The molecule has 19 heavy (non-hydrogen) atoms. The summed E-state index contributed by atoms with van der Waals surface area (Å²) < 4.78 is 7.59. The van der Waals surface area contributed by atoms with Crippen LogP contribution in [0.2, 0.25) is 0 Å². The van der Waals surface area contributed by atoms with E-state index in [-0.39, 0.29) is 0 Å². The van der Waals surface area contributed by atoms with Gasteiger partial charge in [0.2, 0.25) is 0 Å². The average Bonchev–Trinajstić information content (AvgIpc) is 2.90.